The number of anilines is 1. The Morgan fingerprint density at radius 1 is 1.21 bits per heavy atom. The van der Waals surface area contributed by atoms with Crippen molar-refractivity contribution in [2.24, 2.45) is 0 Å². The second-order valence-electron chi connectivity index (χ2n) is 7.27. The molecule has 2 N–H and O–H groups in total. The summed E-state index contributed by atoms with van der Waals surface area (Å²) in [6.45, 7) is -0.602. The van der Waals surface area contributed by atoms with Gasteiger partial charge in [0.2, 0.25) is 0 Å². The van der Waals surface area contributed by atoms with Gasteiger partial charge in [-0.3, -0.25) is 15.0 Å². The number of nitrogens with zero attached hydrogens (tertiary/aromatic N) is 2. The van der Waals surface area contributed by atoms with Crippen molar-refractivity contribution in [3.8, 4) is 0 Å². The van der Waals surface area contributed by atoms with Crippen molar-refractivity contribution in [2.45, 2.75) is 37.6 Å². The van der Waals surface area contributed by atoms with Gasteiger partial charge in [0.05, 0.1) is 5.56 Å². The Hall–Kier alpha value is -3.10. The lowest BCUT2D eigenvalue weighted by atomic mass is 9.82. The van der Waals surface area contributed by atoms with Crippen LogP contribution in [-0.2, 0) is 14.3 Å². The summed E-state index contributed by atoms with van der Waals surface area (Å²) in [4.78, 5) is 50.8. The maximum Gasteiger partial charge on any atom is 0.344 e. The van der Waals surface area contributed by atoms with Gasteiger partial charge in [-0.05, 0) is 31.0 Å². The van der Waals surface area contributed by atoms with Crippen LogP contribution >= 0.6 is 0 Å². The molecule has 1 heterocycles. The molecule has 4 amide bonds. The zero-order chi connectivity index (χ0) is 20.3. The van der Waals surface area contributed by atoms with Crippen LogP contribution in [0.2, 0.25) is 0 Å². The summed E-state index contributed by atoms with van der Waals surface area (Å²) < 4.78 is 5.00. The van der Waals surface area contributed by atoms with Crippen LogP contribution in [0.5, 0.6) is 0 Å². The molecule has 0 radical (unpaired) electrons. The number of nitrogens with one attached hydrogen (secondary N) is 2. The first kappa shape index (κ1) is 19.7. The van der Waals surface area contributed by atoms with Crippen molar-refractivity contribution in [2.75, 3.05) is 25.6 Å². The molecule has 1 aliphatic heterocycles. The molecule has 1 aliphatic carbocycles. The van der Waals surface area contributed by atoms with Gasteiger partial charge in [-0.25, -0.2) is 9.59 Å². The monoisotopic (exact) mass is 388 g/mol. The van der Waals surface area contributed by atoms with E-state index >= 15 is 0 Å². The SMILES string of the molecule is CN(C)c1cccc(C(=O)OCC(=O)NN2C(=O)NC3(CCCCC3)C2=O)c1. The second kappa shape index (κ2) is 7.87. The Bertz CT molecular complexity index is 801. The van der Waals surface area contributed by atoms with Gasteiger partial charge >= 0.3 is 12.0 Å². The minimum atomic E-state index is -0.925. The zero-order valence-electron chi connectivity index (χ0n) is 16.0. The predicted molar refractivity (Wildman–Crippen MR) is 100 cm³/mol. The van der Waals surface area contributed by atoms with E-state index in [4.69, 9.17) is 4.74 Å². The number of rotatable bonds is 5. The van der Waals surface area contributed by atoms with Crippen molar-refractivity contribution in [3.05, 3.63) is 29.8 Å². The predicted octanol–water partition coefficient (Wildman–Crippen LogP) is 1.20. The number of carbonyl (C=O) groups is 4. The topological polar surface area (TPSA) is 108 Å². The van der Waals surface area contributed by atoms with E-state index in [9.17, 15) is 19.2 Å². The third kappa shape index (κ3) is 3.92. The van der Waals surface area contributed by atoms with E-state index in [-0.39, 0.29) is 0 Å². The Morgan fingerprint density at radius 2 is 1.93 bits per heavy atom. The van der Waals surface area contributed by atoms with Gasteiger partial charge in [-0.15, -0.1) is 0 Å². The molecule has 1 saturated carbocycles. The maximum absolute atomic E-state index is 12.6. The van der Waals surface area contributed by atoms with Gasteiger partial charge in [0.15, 0.2) is 6.61 Å². The summed E-state index contributed by atoms with van der Waals surface area (Å²) in [5.74, 6) is -1.89. The molecule has 150 valence electrons. The number of amides is 4. The number of ether oxygens (including phenoxy) is 1. The summed E-state index contributed by atoms with van der Waals surface area (Å²) in [5, 5.41) is 3.38. The van der Waals surface area contributed by atoms with E-state index in [1.165, 1.54) is 0 Å². The molecule has 2 aliphatic rings. The van der Waals surface area contributed by atoms with Crippen molar-refractivity contribution < 1.29 is 23.9 Å². The molecule has 1 saturated heterocycles. The molecule has 1 aromatic carbocycles. The average Bonchev–Trinajstić information content (AvgIpc) is 2.90. The number of hydrazine groups is 1. The first-order valence-corrected chi connectivity index (χ1v) is 9.23. The summed E-state index contributed by atoms with van der Waals surface area (Å²) in [7, 11) is 3.68. The lowest BCUT2D eigenvalue weighted by Gasteiger charge is -2.30. The van der Waals surface area contributed by atoms with E-state index in [0.29, 0.717) is 23.4 Å². The Labute approximate surface area is 163 Å². The normalized spacial score (nSPS) is 18.0. The molecule has 9 nitrogen and oxygen atoms in total. The molecule has 1 spiro atoms. The van der Waals surface area contributed by atoms with E-state index in [0.717, 1.165) is 24.9 Å². The maximum atomic E-state index is 12.6. The second-order valence-corrected chi connectivity index (χ2v) is 7.27. The van der Waals surface area contributed by atoms with Gasteiger partial charge in [0.25, 0.3) is 11.8 Å². The molecule has 0 unspecified atom stereocenters. The first-order valence-electron chi connectivity index (χ1n) is 9.23. The summed E-state index contributed by atoms with van der Waals surface area (Å²) in [6, 6.07) is 6.11. The van der Waals surface area contributed by atoms with Crippen molar-refractivity contribution >= 4 is 29.5 Å². The molecule has 1 aromatic rings. The fourth-order valence-corrected chi connectivity index (χ4v) is 3.50. The minimum Gasteiger partial charge on any atom is -0.452 e. The van der Waals surface area contributed by atoms with Crippen LogP contribution in [0.4, 0.5) is 10.5 Å². The highest BCUT2D eigenvalue weighted by Gasteiger charge is 2.52. The van der Waals surface area contributed by atoms with Crippen LogP contribution in [0.25, 0.3) is 0 Å². The fraction of sp³-hybridized carbons (Fsp3) is 0.474. The first-order chi connectivity index (χ1) is 13.3. The number of hydrogen-bond acceptors (Lipinski definition) is 6. The lowest BCUT2D eigenvalue weighted by molar-refractivity contribution is -0.140. The molecular weight excluding hydrogens is 364 g/mol. The molecule has 2 fully saturated rings. The zero-order valence-corrected chi connectivity index (χ0v) is 16.0. The van der Waals surface area contributed by atoms with Gasteiger partial charge in [0, 0.05) is 19.8 Å². The highest BCUT2D eigenvalue weighted by molar-refractivity contribution is 6.08. The Kier molecular flexibility index (Phi) is 5.53. The van der Waals surface area contributed by atoms with E-state index in [1.54, 1.807) is 18.2 Å². The molecule has 0 atom stereocenters. The number of benzene rings is 1. The highest BCUT2D eigenvalue weighted by Crippen LogP contribution is 2.32. The number of urea groups is 1. The van der Waals surface area contributed by atoms with E-state index < -0.39 is 36.0 Å². The van der Waals surface area contributed by atoms with Crippen molar-refractivity contribution in [1.82, 2.24) is 15.8 Å². The number of imide groups is 1. The highest BCUT2D eigenvalue weighted by atomic mass is 16.5. The average molecular weight is 388 g/mol. The van der Waals surface area contributed by atoms with Gasteiger partial charge in [-0.1, -0.05) is 25.3 Å². The van der Waals surface area contributed by atoms with Crippen molar-refractivity contribution in [1.29, 1.82) is 0 Å². The van der Waals surface area contributed by atoms with Crippen LogP contribution in [0.3, 0.4) is 0 Å². The summed E-state index contributed by atoms with van der Waals surface area (Å²) in [6.07, 6.45) is 3.82. The largest absolute Gasteiger partial charge is 0.452 e. The third-order valence-corrected chi connectivity index (χ3v) is 5.04. The number of esters is 1. The molecular formula is C19H24N4O5. The number of carbonyl (C=O) groups excluding carboxylic acids is 4. The van der Waals surface area contributed by atoms with E-state index in [2.05, 4.69) is 10.7 Å². The fourth-order valence-electron chi connectivity index (χ4n) is 3.50. The number of hydrogen-bond donors (Lipinski definition) is 2. The van der Waals surface area contributed by atoms with E-state index in [1.807, 2.05) is 25.1 Å². The van der Waals surface area contributed by atoms with Crippen LogP contribution in [-0.4, -0.2) is 55.1 Å². The molecule has 0 aromatic heterocycles. The Balaban J connectivity index is 1.56. The standard InChI is InChI=1S/C19H24N4O5/c1-22(2)14-8-6-7-13(11-14)16(25)28-12-15(24)21-23-17(26)19(20-18(23)27)9-4-3-5-10-19/h6-8,11H,3-5,9-10,12H2,1-2H3,(H,20,27)(H,21,24). The summed E-state index contributed by atoms with van der Waals surface area (Å²) in [5.41, 5.74) is 2.43. The lowest BCUT2D eigenvalue weighted by Crippen LogP contribution is -2.51. The molecule has 28 heavy (non-hydrogen) atoms. The van der Waals surface area contributed by atoms with Gasteiger partial charge in [0.1, 0.15) is 5.54 Å². The van der Waals surface area contributed by atoms with Crippen molar-refractivity contribution in [3.63, 3.8) is 0 Å². The van der Waals surface area contributed by atoms with Gasteiger partial charge in [-0.2, -0.15) is 5.01 Å². The van der Waals surface area contributed by atoms with Crippen LogP contribution in [0.15, 0.2) is 24.3 Å². The van der Waals surface area contributed by atoms with Gasteiger partial charge < -0.3 is 15.0 Å². The molecule has 3 rings (SSSR count). The van der Waals surface area contributed by atoms with Crippen LogP contribution < -0.4 is 15.6 Å². The third-order valence-electron chi connectivity index (χ3n) is 5.04. The smallest absolute Gasteiger partial charge is 0.344 e. The molecule has 0 bridgehead atoms. The quantitative estimate of drug-likeness (QED) is 0.580. The van der Waals surface area contributed by atoms with Crippen LogP contribution in [0.1, 0.15) is 42.5 Å². The van der Waals surface area contributed by atoms with Crippen LogP contribution in [0, 0.1) is 0 Å². The Morgan fingerprint density at radius 3 is 2.61 bits per heavy atom. The minimum absolute atomic E-state index is 0.301. The molecule has 9 heteroatoms. The summed E-state index contributed by atoms with van der Waals surface area (Å²) >= 11 is 0.